The highest BCUT2D eigenvalue weighted by Gasteiger charge is 2.21. The van der Waals surface area contributed by atoms with E-state index in [1.807, 2.05) is 13.8 Å². The molecule has 6 heteroatoms. The van der Waals surface area contributed by atoms with Crippen LogP contribution in [-0.2, 0) is 4.79 Å². The maximum Gasteiger partial charge on any atom is 0.326 e. The van der Waals surface area contributed by atoms with Gasteiger partial charge in [0.1, 0.15) is 6.04 Å². The molecule has 0 heterocycles. The van der Waals surface area contributed by atoms with Gasteiger partial charge in [0, 0.05) is 26.1 Å². The highest BCUT2D eigenvalue weighted by molar-refractivity contribution is 5.82. The lowest BCUT2D eigenvalue weighted by Crippen LogP contribution is -2.48. The van der Waals surface area contributed by atoms with Crippen molar-refractivity contribution in [1.82, 2.24) is 10.2 Å². The molecule has 0 aliphatic carbocycles. The fourth-order valence-electron chi connectivity index (χ4n) is 1.14. The number of aliphatic carboxylic acids is 1. The Morgan fingerprint density at radius 3 is 2.20 bits per heavy atom. The number of carbonyl (C=O) groups excluding carboxylic acids is 1. The van der Waals surface area contributed by atoms with Gasteiger partial charge in [0.05, 0.1) is 0 Å². The average Bonchev–Trinajstić information content (AvgIpc) is 2.18. The zero-order valence-corrected chi connectivity index (χ0v) is 9.06. The van der Waals surface area contributed by atoms with E-state index in [4.69, 9.17) is 10.2 Å². The van der Waals surface area contributed by atoms with Crippen molar-refractivity contribution in [3.8, 4) is 0 Å². The molecule has 0 aromatic carbocycles. The van der Waals surface area contributed by atoms with Crippen LogP contribution in [0.3, 0.4) is 0 Å². The van der Waals surface area contributed by atoms with Gasteiger partial charge < -0.3 is 20.4 Å². The Balaban J connectivity index is 4.27. The van der Waals surface area contributed by atoms with E-state index in [0.717, 1.165) is 0 Å². The summed E-state index contributed by atoms with van der Waals surface area (Å²) in [6.07, 6.45) is 0.0162. The van der Waals surface area contributed by atoms with Gasteiger partial charge in [-0.05, 0) is 13.8 Å². The minimum atomic E-state index is -1.13. The molecule has 3 N–H and O–H groups in total. The van der Waals surface area contributed by atoms with E-state index < -0.39 is 18.0 Å². The van der Waals surface area contributed by atoms with Gasteiger partial charge in [-0.15, -0.1) is 0 Å². The van der Waals surface area contributed by atoms with E-state index in [9.17, 15) is 9.59 Å². The first-order chi connectivity index (χ1) is 7.06. The molecule has 0 saturated carbocycles. The third-order valence-electron chi connectivity index (χ3n) is 2.06. The van der Waals surface area contributed by atoms with Crippen LogP contribution in [0.2, 0.25) is 0 Å². The lowest BCUT2D eigenvalue weighted by molar-refractivity contribution is -0.139. The zero-order chi connectivity index (χ0) is 11.8. The monoisotopic (exact) mass is 218 g/mol. The van der Waals surface area contributed by atoms with Crippen LogP contribution in [0.4, 0.5) is 4.79 Å². The standard InChI is InChI=1S/C9H18N2O4/c1-3-11(4-2)9(15)10-7(5-6-12)8(13)14/h7,12H,3-6H2,1-2H3,(H,10,15)(H,13,14)/t7-/m1/s1. The third-order valence-corrected chi connectivity index (χ3v) is 2.06. The summed E-state index contributed by atoms with van der Waals surface area (Å²) in [7, 11) is 0. The quantitative estimate of drug-likeness (QED) is 0.579. The summed E-state index contributed by atoms with van der Waals surface area (Å²) in [5, 5.41) is 19.7. The highest BCUT2D eigenvalue weighted by atomic mass is 16.4. The van der Waals surface area contributed by atoms with Crippen LogP contribution < -0.4 is 5.32 Å². The topological polar surface area (TPSA) is 89.9 Å². The first kappa shape index (κ1) is 13.7. The number of carboxylic acids is 1. The number of carboxylic acid groups (broad SMARTS) is 1. The number of urea groups is 1. The summed E-state index contributed by atoms with van der Waals surface area (Å²) in [4.78, 5) is 23.6. The van der Waals surface area contributed by atoms with Crippen LogP contribution in [0.15, 0.2) is 0 Å². The summed E-state index contributed by atoms with van der Waals surface area (Å²) in [6, 6.07) is -1.44. The fraction of sp³-hybridized carbons (Fsp3) is 0.778. The van der Waals surface area contributed by atoms with E-state index in [0.29, 0.717) is 13.1 Å². The van der Waals surface area contributed by atoms with Crippen LogP contribution in [-0.4, -0.2) is 52.9 Å². The van der Waals surface area contributed by atoms with Crippen LogP contribution in [0.5, 0.6) is 0 Å². The Morgan fingerprint density at radius 1 is 1.33 bits per heavy atom. The summed E-state index contributed by atoms with van der Waals surface area (Å²) < 4.78 is 0. The lowest BCUT2D eigenvalue weighted by Gasteiger charge is -2.22. The molecule has 88 valence electrons. The average molecular weight is 218 g/mol. The summed E-state index contributed by atoms with van der Waals surface area (Å²) >= 11 is 0. The van der Waals surface area contributed by atoms with Gasteiger partial charge in [0.25, 0.3) is 0 Å². The third kappa shape index (κ3) is 4.64. The number of aliphatic hydroxyl groups is 1. The van der Waals surface area contributed by atoms with Crippen molar-refractivity contribution in [3.05, 3.63) is 0 Å². The van der Waals surface area contributed by atoms with Crippen molar-refractivity contribution in [2.75, 3.05) is 19.7 Å². The largest absolute Gasteiger partial charge is 0.480 e. The molecule has 0 aliphatic rings. The lowest BCUT2D eigenvalue weighted by atomic mass is 10.2. The van der Waals surface area contributed by atoms with E-state index in [1.54, 1.807) is 0 Å². The summed E-state index contributed by atoms with van der Waals surface area (Å²) in [6.45, 7) is 4.40. The smallest absolute Gasteiger partial charge is 0.326 e. The number of amides is 2. The molecule has 0 aromatic rings. The minimum Gasteiger partial charge on any atom is -0.480 e. The Bertz CT molecular complexity index is 216. The molecule has 0 fully saturated rings. The molecule has 0 radical (unpaired) electrons. The molecular formula is C9H18N2O4. The number of carbonyl (C=O) groups is 2. The molecule has 1 atom stereocenters. The number of rotatable bonds is 6. The molecular weight excluding hydrogens is 200 g/mol. The van der Waals surface area contributed by atoms with E-state index >= 15 is 0 Å². The first-order valence-corrected chi connectivity index (χ1v) is 4.95. The van der Waals surface area contributed by atoms with Gasteiger partial charge in [0.2, 0.25) is 0 Å². The summed E-state index contributed by atoms with van der Waals surface area (Å²) in [5.74, 6) is -1.13. The predicted molar refractivity (Wildman–Crippen MR) is 54.6 cm³/mol. The number of nitrogens with one attached hydrogen (secondary N) is 1. The predicted octanol–water partition coefficient (Wildman–Crippen LogP) is -0.127. The van der Waals surface area contributed by atoms with E-state index in [-0.39, 0.29) is 13.0 Å². The van der Waals surface area contributed by atoms with Crippen LogP contribution >= 0.6 is 0 Å². The molecule has 15 heavy (non-hydrogen) atoms. The maximum absolute atomic E-state index is 11.5. The molecule has 0 bridgehead atoms. The van der Waals surface area contributed by atoms with Crippen molar-refractivity contribution >= 4 is 12.0 Å². The van der Waals surface area contributed by atoms with Crippen molar-refractivity contribution in [3.63, 3.8) is 0 Å². The SMILES string of the molecule is CCN(CC)C(=O)N[C@H](CCO)C(=O)O. The molecule has 0 saturated heterocycles. The fourth-order valence-corrected chi connectivity index (χ4v) is 1.14. The zero-order valence-electron chi connectivity index (χ0n) is 9.06. The Hall–Kier alpha value is -1.30. The Morgan fingerprint density at radius 2 is 1.87 bits per heavy atom. The second-order valence-corrected chi connectivity index (χ2v) is 3.02. The maximum atomic E-state index is 11.5. The van der Waals surface area contributed by atoms with Crippen LogP contribution in [0.1, 0.15) is 20.3 Å². The van der Waals surface area contributed by atoms with E-state index in [1.165, 1.54) is 4.90 Å². The second kappa shape index (κ2) is 7.05. The number of nitrogens with zero attached hydrogens (tertiary/aromatic N) is 1. The molecule has 2 amide bonds. The van der Waals surface area contributed by atoms with Crippen LogP contribution in [0, 0.1) is 0 Å². The minimum absolute atomic E-state index is 0.0162. The van der Waals surface area contributed by atoms with Crippen molar-refractivity contribution in [1.29, 1.82) is 0 Å². The van der Waals surface area contributed by atoms with Crippen LogP contribution in [0.25, 0.3) is 0 Å². The van der Waals surface area contributed by atoms with Gasteiger partial charge in [0.15, 0.2) is 0 Å². The van der Waals surface area contributed by atoms with Crippen molar-refractivity contribution in [2.24, 2.45) is 0 Å². The number of aliphatic hydroxyl groups excluding tert-OH is 1. The highest BCUT2D eigenvalue weighted by Crippen LogP contribution is 1.95. The molecule has 0 spiro atoms. The van der Waals surface area contributed by atoms with Gasteiger partial charge in [-0.25, -0.2) is 9.59 Å². The first-order valence-electron chi connectivity index (χ1n) is 4.95. The Labute approximate surface area is 88.9 Å². The number of hydrogen-bond donors (Lipinski definition) is 3. The van der Waals surface area contributed by atoms with Gasteiger partial charge in [-0.2, -0.15) is 0 Å². The number of hydrogen-bond acceptors (Lipinski definition) is 3. The van der Waals surface area contributed by atoms with Gasteiger partial charge in [-0.3, -0.25) is 0 Å². The van der Waals surface area contributed by atoms with Crippen molar-refractivity contribution in [2.45, 2.75) is 26.3 Å². The summed E-state index contributed by atoms with van der Waals surface area (Å²) in [5.41, 5.74) is 0. The van der Waals surface area contributed by atoms with Crippen molar-refractivity contribution < 1.29 is 19.8 Å². The molecule has 6 nitrogen and oxygen atoms in total. The van der Waals surface area contributed by atoms with Gasteiger partial charge in [-0.1, -0.05) is 0 Å². The molecule has 0 rings (SSSR count). The molecule has 0 aromatic heterocycles. The Kier molecular flexibility index (Phi) is 6.44. The van der Waals surface area contributed by atoms with Gasteiger partial charge >= 0.3 is 12.0 Å². The normalized spacial score (nSPS) is 11.9. The second-order valence-electron chi connectivity index (χ2n) is 3.02. The molecule has 0 aliphatic heterocycles. The molecule has 0 unspecified atom stereocenters. The van der Waals surface area contributed by atoms with E-state index in [2.05, 4.69) is 5.32 Å².